The van der Waals surface area contributed by atoms with E-state index in [1.165, 1.54) is 10.9 Å². The second-order valence-electron chi connectivity index (χ2n) is 3.54. The Labute approximate surface area is 86.6 Å². The third-order valence-electron chi connectivity index (χ3n) is 2.41. The van der Waals surface area contributed by atoms with Crippen LogP contribution < -0.4 is 5.73 Å². The molecule has 1 aliphatic rings. The van der Waals surface area contributed by atoms with Crippen LogP contribution in [0.5, 0.6) is 0 Å². The highest BCUT2D eigenvalue weighted by molar-refractivity contribution is 5.91. The van der Waals surface area contributed by atoms with Gasteiger partial charge in [0.2, 0.25) is 0 Å². The molecule has 1 atom stereocenters. The van der Waals surface area contributed by atoms with E-state index in [1.54, 1.807) is 0 Å². The van der Waals surface area contributed by atoms with Crippen molar-refractivity contribution in [2.24, 2.45) is 0 Å². The van der Waals surface area contributed by atoms with Gasteiger partial charge in [0.25, 0.3) is 0 Å². The number of nitrogen functional groups attached to an aromatic ring is 1. The van der Waals surface area contributed by atoms with Crippen LogP contribution in [0.2, 0.25) is 0 Å². The predicted octanol–water partition coefficient (Wildman–Crippen LogP) is 0.863. The molecule has 6 heteroatoms. The van der Waals surface area contributed by atoms with E-state index in [2.05, 4.69) is 5.10 Å². The fourth-order valence-corrected chi connectivity index (χ4v) is 1.65. The molecule has 0 radical (unpaired) electrons. The van der Waals surface area contributed by atoms with Gasteiger partial charge in [-0.2, -0.15) is 5.10 Å². The molecular weight excluding hydrogens is 198 g/mol. The molecule has 82 valence electrons. The van der Waals surface area contributed by atoms with Crippen LogP contribution in [0.4, 0.5) is 5.69 Å². The first-order valence-corrected chi connectivity index (χ1v) is 4.88. The van der Waals surface area contributed by atoms with Crippen LogP contribution >= 0.6 is 0 Å². The number of carbonyl (C=O) groups is 1. The number of aromatic nitrogens is 2. The Hall–Kier alpha value is -1.56. The Kier molecular flexibility index (Phi) is 2.59. The Morgan fingerprint density at radius 1 is 1.67 bits per heavy atom. The van der Waals surface area contributed by atoms with E-state index >= 15 is 0 Å². The molecule has 2 rings (SSSR count). The Morgan fingerprint density at radius 3 is 3.00 bits per heavy atom. The number of hydrogen-bond acceptors (Lipinski definition) is 4. The maximum absolute atomic E-state index is 10.7. The van der Waals surface area contributed by atoms with E-state index in [0.29, 0.717) is 6.61 Å². The van der Waals surface area contributed by atoms with Crippen LogP contribution in [0, 0.1) is 0 Å². The standard InChI is InChI=1S/C9H13N3O3/c10-6-5-12(11-8(6)9(13)14)7-3-1-2-4-15-7/h5,7H,1-4,10H2,(H,13,14). The zero-order valence-electron chi connectivity index (χ0n) is 8.22. The second kappa shape index (κ2) is 3.90. The van der Waals surface area contributed by atoms with Crippen LogP contribution in [0.1, 0.15) is 36.0 Å². The number of aromatic carboxylic acids is 1. The van der Waals surface area contributed by atoms with E-state index < -0.39 is 5.97 Å². The van der Waals surface area contributed by atoms with Crippen LogP contribution in [0.15, 0.2) is 6.20 Å². The molecule has 0 aliphatic carbocycles. The monoisotopic (exact) mass is 211 g/mol. The highest BCUT2D eigenvalue weighted by atomic mass is 16.5. The lowest BCUT2D eigenvalue weighted by molar-refractivity contribution is -0.0396. The second-order valence-corrected chi connectivity index (χ2v) is 3.54. The van der Waals surface area contributed by atoms with E-state index in [-0.39, 0.29) is 17.6 Å². The van der Waals surface area contributed by atoms with Crippen molar-refractivity contribution < 1.29 is 14.6 Å². The third-order valence-corrected chi connectivity index (χ3v) is 2.41. The molecule has 1 aliphatic heterocycles. The minimum absolute atomic E-state index is 0.107. The molecule has 0 saturated carbocycles. The first-order valence-electron chi connectivity index (χ1n) is 4.88. The average molecular weight is 211 g/mol. The van der Waals surface area contributed by atoms with Gasteiger partial charge in [-0.25, -0.2) is 9.48 Å². The number of nitrogens with zero attached hydrogens (tertiary/aromatic N) is 2. The fraction of sp³-hybridized carbons (Fsp3) is 0.556. The molecule has 6 nitrogen and oxygen atoms in total. The SMILES string of the molecule is Nc1cn(C2CCCCO2)nc1C(=O)O. The van der Waals surface area contributed by atoms with Crippen LogP contribution in [-0.4, -0.2) is 27.5 Å². The summed E-state index contributed by atoms with van der Waals surface area (Å²) in [5.74, 6) is -1.11. The maximum Gasteiger partial charge on any atom is 0.358 e. The van der Waals surface area contributed by atoms with Crippen LogP contribution in [0.3, 0.4) is 0 Å². The number of rotatable bonds is 2. The van der Waals surface area contributed by atoms with Gasteiger partial charge in [-0.15, -0.1) is 0 Å². The van der Waals surface area contributed by atoms with Crippen molar-refractivity contribution in [1.29, 1.82) is 0 Å². The topological polar surface area (TPSA) is 90.4 Å². The summed E-state index contributed by atoms with van der Waals surface area (Å²) < 4.78 is 6.96. The number of anilines is 1. The van der Waals surface area contributed by atoms with Crippen molar-refractivity contribution in [3.63, 3.8) is 0 Å². The first-order chi connectivity index (χ1) is 7.18. The summed E-state index contributed by atoms with van der Waals surface area (Å²) in [5, 5.41) is 12.7. The molecule has 1 saturated heterocycles. The van der Waals surface area contributed by atoms with Gasteiger partial charge in [0.1, 0.15) is 6.23 Å². The molecule has 1 aromatic heterocycles. The van der Waals surface area contributed by atoms with Crippen molar-refractivity contribution in [2.75, 3.05) is 12.3 Å². The van der Waals surface area contributed by atoms with E-state index in [0.717, 1.165) is 19.3 Å². The highest BCUT2D eigenvalue weighted by Crippen LogP contribution is 2.23. The van der Waals surface area contributed by atoms with Crippen molar-refractivity contribution in [3.8, 4) is 0 Å². The largest absolute Gasteiger partial charge is 0.476 e. The fourth-order valence-electron chi connectivity index (χ4n) is 1.65. The highest BCUT2D eigenvalue weighted by Gasteiger charge is 2.20. The number of carboxylic acid groups (broad SMARTS) is 1. The Bertz CT molecular complexity index is 369. The summed E-state index contributed by atoms with van der Waals surface area (Å²) in [4.78, 5) is 10.7. The molecular formula is C9H13N3O3. The van der Waals surface area contributed by atoms with Gasteiger partial charge in [0.15, 0.2) is 5.69 Å². The van der Waals surface area contributed by atoms with Crippen molar-refractivity contribution >= 4 is 11.7 Å². The average Bonchev–Trinajstić information content (AvgIpc) is 2.62. The quantitative estimate of drug-likeness (QED) is 0.757. The van der Waals surface area contributed by atoms with Gasteiger partial charge in [0, 0.05) is 6.61 Å². The van der Waals surface area contributed by atoms with Crippen LogP contribution in [-0.2, 0) is 4.74 Å². The summed E-state index contributed by atoms with van der Waals surface area (Å²) in [5.41, 5.74) is 5.60. The minimum Gasteiger partial charge on any atom is -0.476 e. The number of ether oxygens (including phenoxy) is 1. The summed E-state index contributed by atoms with van der Waals surface area (Å²) in [6.07, 6.45) is 4.29. The molecule has 3 N–H and O–H groups in total. The molecule has 0 amide bonds. The number of nitrogens with two attached hydrogens (primary N) is 1. The van der Waals surface area contributed by atoms with E-state index in [9.17, 15) is 4.79 Å². The minimum atomic E-state index is -1.11. The van der Waals surface area contributed by atoms with Gasteiger partial charge in [-0.1, -0.05) is 0 Å². The van der Waals surface area contributed by atoms with Crippen molar-refractivity contribution in [1.82, 2.24) is 9.78 Å². The van der Waals surface area contributed by atoms with Gasteiger partial charge in [-0.3, -0.25) is 0 Å². The molecule has 1 unspecified atom stereocenters. The summed E-state index contributed by atoms with van der Waals surface area (Å²) in [6.45, 7) is 0.687. The Balaban J connectivity index is 2.21. The Morgan fingerprint density at radius 2 is 2.47 bits per heavy atom. The van der Waals surface area contributed by atoms with Crippen LogP contribution in [0.25, 0.3) is 0 Å². The smallest absolute Gasteiger partial charge is 0.358 e. The first kappa shape index (κ1) is 9.97. The maximum atomic E-state index is 10.7. The van der Waals surface area contributed by atoms with E-state index in [1.807, 2.05) is 0 Å². The van der Waals surface area contributed by atoms with Gasteiger partial charge >= 0.3 is 5.97 Å². The number of carboxylic acids is 1. The van der Waals surface area contributed by atoms with E-state index in [4.69, 9.17) is 15.6 Å². The molecule has 2 heterocycles. The molecule has 15 heavy (non-hydrogen) atoms. The third kappa shape index (κ3) is 1.94. The zero-order chi connectivity index (χ0) is 10.8. The number of hydrogen-bond donors (Lipinski definition) is 2. The predicted molar refractivity (Wildman–Crippen MR) is 52.4 cm³/mol. The molecule has 0 aromatic carbocycles. The van der Waals surface area contributed by atoms with Gasteiger partial charge < -0.3 is 15.6 Å². The lowest BCUT2D eigenvalue weighted by Crippen LogP contribution is -2.19. The molecule has 1 fully saturated rings. The molecule has 0 spiro atoms. The van der Waals surface area contributed by atoms with Gasteiger partial charge in [0.05, 0.1) is 11.9 Å². The molecule has 0 bridgehead atoms. The summed E-state index contributed by atoms with van der Waals surface area (Å²) in [7, 11) is 0. The molecule has 1 aromatic rings. The normalized spacial score (nSPS) is 21.5. The summed E-state index contributed by atoms with van der Waals surface area (Å²) in [6, 6.07) is 0. The lowest BCUT2D eigenvalue weighted by Gasteiger charge is -2.22. The summed E-state index contributed by atoms with van der Waals surface area (Å²) >= 11 is 0. The lowest BCUT2D eigenvalue weighted by atomic mass is 10.2. The van der Waals surface area contributed by atoms with Crippen molar-refractivity contribution in [3.05, 3.63) is 11.9 Å². The zero-order valence-corrected chi connectivity index (χ0v) is 8.22. The van der Waals surface area contributed by atoms with Gasteiger partial charge in [-0.05, 0) is 19.3 Å². The van der Waals surface area contributed by atoms with Crippen molar-refractivity contribution in [2.45, 2.75) is 25.5 Å².